The molecule has 2 N–H and O–H groups in total. The largest absolute Gasteiger partial charge is 0.446 e. The van der Waals surface area contributed by atoms with Crippen LogP contribution in [0.4, 0.5) is 9.59 Å². The van der Waals surface area contributed by atoms with E-state index in [9.17, 15) is 9.59 Å². The fraction of sp³-hybridized carbons (Fsp3) is 0.941. The third kappa shape index (κ3) is 29.5. The first-order valence-electron chi connectivity index (χ1n) is 17.5. The Morgan fingerprint density at radius 3 is 1.15 bits per heavy atom. The molecule has 6 heteroatoms. The standard InChI is InChI=1S/C34H68N2O4/c1-4-7-9-11-13-15-17-19-21-23-25-27-29-35-33(37)39-31-32(6-3)40-34(38)36-30-28-26-24-22-20-18-16-14-12-10-8-5-2/h32H,4-31H2,1-3H3,(H,35,37)(H,36,38). The molecule has 2 amide bonds. The first-order valence-corrected chi connectivity index (χ1v) is 17.5. The van der Waals surface area contributed by atoms with Gasteiger partial charge in [0.05, 0.1) is 0 Å². The van der Waals surface area contributed by atoms with Gasteiger partial charge >= 0.3 is 12.2 Å². The van der Waals surface area contributed by atoms with Crippen LogP contribution in [0.15, 0.2) is 0 Å². The number of hydrogen-bond donors (Lipinski definition) is 2. The van der Waals surface area contributed by atoms with Crippen molar-refractivity contribution >= 4 is 12.2 Å². The van der Waals surface area contributed by atoms with Gasteiger partial charge in [0.25, 0.3) is 0 Å². The van der Waals surface area contributed by atoms with E-state index in [1.165, 1.54) is 128 Å². The number of ether oxygens (including phenoxy) is 2. The lowest BCUT2D eigenvalue weighted by Crippen LogP contribution is -2.34. The Balaban J connectivity index is 3.53. The quantitative estimate of drug-likeness (QED) is 0.0845. The van der Waals surface area contributed by atoms with Crippen LogP contribution in [0.1, 0.15) is 181 Å². The summed E-state index contributed by atoms with van der Waals surface area (Å²) in [6.07, 6.45) is 30.5. The molecule has 0 aliphatic carbocycles. The van der Waals surface area contributed by atoms with Crippen molar-refractivity contribution in [2.45, 2.75) is 187 Å². The maximum Gasteiger partial charge on any atom is 0.407 e. The van der Waals surface area contributed by atoms with Gasteiger partial charge in [-0.3, -0.25) is 0 Å². The molecule has 0 fully saturated rings. The third-order valence-corrected chi connectivity index (χ3v) is 7.73. The molecule has 238 valence electrons. The Kier molecular flexibility index (Phi) is 30.9. The number of carbonyl (C=O) groups is 2. The molecule has 0 rings (SSSR count). The SMILES string of the molecule is CCCCCCCCCCCCCCNC(=O)OCC(CC)OC(=O)NCCCCCCCCCCCCCC. The number of nitrogens with one attached hydrogen (secondary N) is 2. The molecule has 0 heterocycles. The first-order chi connectivity index (χ1) is 19.6. The molecule has 0 radical (unpaired) electrons. The zero-order chi connectivity index (χ0) is 29.4. The Morgan fingerprint density at radius 2 is 0.800 bits per heavy atom. The lowest BCUT2D eigenvalue weighted by molar-refractivity contribution is 0.0424. The van der Waals surface area contributed by atoms with Crippen LogP contribution in [0.3, 0.4) is 0 Å². The smallest absolute Gasteiger partial charge is 0.407 e. The van der Waals surface area contributed by atoms with E-state index in [4.69, 9.17) is 9.47 Å². The van der Waals surface area contributed by atoms with Crippen LogP contribution in [0.5, 0.6) is 0 Å². The molecule has 0 spiro atoms. The van der Waals surface area contributed by atoms with Crippen molar-refractivity contribution in [3.63, 3.8) is 0 Å². The molecule has 0 aromatic carbocycles. The number of hydrogen-bond acceptors (Lipinski definition) is 4. The van der Waals surface area contributed by atoms with Gasteiger partial charge in [0, 0.05) is 13.1 Å². The van der Waals surface area contributed by atoms with Crippen molar-refractivity contribution in [1.82, 2.24) is 10.6 Å². The second-order valence-electron chi connectivity index (χ2n) is 11.7. The number of amides is 2. The van der Waals surface area contributed by atoms with Gasteiger partial charge in [0.15, 0.2) is 0 Å². The van der Waals surface area contributed by atoms with Crippen LogP contribution in [-0.2, 0) is 9.47 Å². The maximum absolute atomic E-state index is 12.1. The molecule has 0 aromatic rings. The van der Waals surface area contributed by atoms with E-state index in [-0.39, 0.29) is 6.61 Å². The van der Waals surface area contributed by atoms with Gasteiger partial charge in [-0.15, -0.1) is 0 Å². The van der Waals surface area contributed by atoms with Crippen molar-refractivity contribution in [2.75, 3.05) is 19.7 Å². The molecule has 0 bridgehead atoms. The first kappa shape index (κ1) is 38.5. The fourth-order valence-corrected chi connectivity index (χ4v) is 4.96. The molecule has 6 nitrogen and oxygen atoms in total. The molecule has 40 heavy (non-hydrogen) atoms. The van der Waals surface area contributed by atoms with E-state index in [0.717, 1.165) is 25.7 Å². The molecule has 0 saturated carbocycles. The van der Waals surface area contributed by atoms with Gasteiger partial charge in [0.2, 0.25) is 0 Å². The van der Waals surface area contributed by atoms with Gasteiger partial charge in [-0.05, 0) is 19.3 Å². The highest BCUT2D eigenvalue weighted by Gasteiger charge is 2.14. The minimum absolute atomic E-state index is 0.0901. The summed E-state index contributed by atoms with van der Waals surface area (Å²) in [5.41, 5.74) is 0. The average Bonchev–Trinajstić information content (AvgIpc) is 2.96. The van der Waals surface area contributed by atoms with Gasteiger partial charge in [-0.25, -0.2) is 9.59 Å². The molecule has 1 unspecified atom stereocenters. The highest BCUT2D eigenvalue weighted by atomic mass is 16.6. The van der Waals surface area contributed by atoms with Crippen molar-refractivity contribution in [2.24, 2.45) is 0 Å². The summed E-state index contributed by atoms with van der Waals surface area (Å²) >= 11 is 0. The van der Waals surface area contributed by atoms with Crippen LogP contribution in [0.2, 0.25) is 0 Å². The predicted octanol–water partition coefficient (Wildman–Crippen LogP) is 10.6. The van der Waals surface area contributed by atoms with Gasteiger partial charge in [-0.2, -0.15) is 0 Å². The van der Waals surface area contributed by atoms with Crippen molar-refractivity contribution in [1.29, 1.82) is 0 Å². The number of carbonyl (C=O) groups excluding carboxylic acids is 2. The summed E-state index contributed by atoms with van der Waals surface area (Å²) in [6.45, 7) is 7.81. The third-order valence-electron chi connectivity index (χ3n) is 7.73. The van der Waals surface area contributed by atoms with Gasteiger partial charge < -0.3 is 20.1 Å². The number of rotatable bonds is 30. The molecule has 0 aromatic heterocycles. The molecular weight excluding hydrogens is 500 g/mol. The van der Waals surface area contributed by atoms with E-state index in [1.807, 2.05) is 6.92 Å². The Bertz CT molecular complexity index is 544. The lowest BCUT2D eigenvalue weighted by Gasteiger charge is -2.17. The highest BCUT2D eigenvalue weighted by Crippen LogP contribution is 2.13. The Morgan fingerprint density at radius 1 is 0.475 bits per heavy atom. The normalized spacial score (nSPS) is 11.8. The molecule has 1 atom stereocenters. The predicted molar refractivity (Wildman–Crippen MR) is 170 cm³/mol. The zero-order valence-electron chi connectivity index (χ0n) is 27.0. The van der Waals surface area contributed by atoms with E-state index in [0.29, 0.717) is 19.5 Å². The average molecular weight is 569 g/mol. The lowest BCUT2D eigenvalue weighted by atomic mass is 10.1. The Labute approximate surface area is 248 Å². The summed E-state index contributed by atoms with van der Waals surface area (Å²) in [6, 6.07) is 0. The van der Waals surface area contributed by atoms with E-state index >= 15 is 0 Å². The maximum atomic E-state index is 12.1. The van der Waals surface area contributed by atoms with Crippen molar-refractivity contribution in [3.8, 4) is 0 Å². The van der Waals surface area contributed by atoms with E-state index in [2.05, 4.69) is 24.5 Å². The van der Waals surface area contributed by atoms with Crippen molar-refractivity contribution < 1.29 is 19.1 Å². The molecule has 0 aliphatic rings. The van der Waals surface area contributed by atoms with Gasteiger partial charge in [0.1, 0.15) is 12.7 Å². The second kappa shape index (κ2) is 32.1. The van der Waals surface area contributed by atoms with Crippen LogP contribution in [0.25, 0.3) is 0 Å². The minimum Gasteiger partial charge on any atom is -0.446 e. The fourth-order valence-electron chi connectivity index (χ4n) is 4.96. The molecule has 0 aliphatic heterocycles. The van der Waals surface area contributed by atoms with E-state index < -0.39 is 18.3 Å². The summed E-state index contributed by atoms with van der Waals surface area (Å²) in [4.78, 5) is 24.0. The summed E-state index contributed by atoms with van der Waals surface area (Å²) in [5.74, 6) is 0. The monoisotopic (exact) mass is 569 g/mol. The van der Waals surface area contributed by atoms with Crippen LogP contribution < -0.4 is 10.6 Å². The topological polar surface area (TPSA) is 76.7 Å². The zero-order valence-corrected chi connectivity index (χ0v) is 27.0. The Hall–Kier alpha value is -1.46. The summed E-state index contributed by atoms with van der Waals surface area (Å²) in [5, 5.41) is 5.65. The van der Waals surface area contributed by atoms with Crippen LogP contribution in [-0.4, -0.2) is 38.0 Å². The van der Waals surface area contributed by atoms with Crippen LogP contribution in [0, 0.1) is 0 Å². The number of unbranched alkanes of at least 4 members (excludes halogenated alkanes) is 22. The van der Waals surface area contributed by atoms with Gasteiger partial charge in [-0.1, -0.05) is 162 Å². The summed E-state index contributed by atoms with van der Waals surface area (Å²) in [7, 11) is 0. The summed E-state index contributed by atoms with van der Waals surface area (Å²) < 4.78 is 10.7. The highest BCUT2D eigenvalue weighted by molar-refractivity contribution is 5.68. The molecular formula is C34H68N2O4. The number of alkyl carbamates (subject to hydrolysis) is 2. The van der Waals surface area contributed by atoms with Crippen LogP contribution >= 0.6 is 0 Å². The van der Waals surface area contributed by atoms with Crippen molar-refractivity contribution in [3.05, 3.63) is 0 Å². The second-order valence-corrected chi connectivity index (χ2v) is 11.7. The molecule has 0 saturated heterocycles. The van der Waals surface area contributed by atoms with E-state index in [1.54, 1.807) is 0 Å². The minimum atomic E-state index is -0.429.